The molecule has 1 heterocycles. The number of hydrogen-bond donors (Lipinski definition) is 1. The Bertz CT molecular complexity index is 843. The number of methoxy groups -OCH3 is 1. The van der Waals surface area contributed by atoms with Crippen molar-refractivity contribution in [1.29, 1.82) is 0 Å². The normalized spacial score (nSPS) is 14.6. The molecule has 2 aromatic carbocycles. The molecule has 0 radical (unpaired) electrons. The van der Waals surface area contributed by atoms with E-state index in [9.17, 15) is 14.0 Å². The number of amides is 2. The predicted molar refractivity (Wildman–Crippen MR) is 105 cm³/mol. The Kier molecular flexibility index (Phi) is 6.29. The molecular weight excluding hydrogens is 359 g/mol. The van der Waals surface area contributed by atoms with Gasteiger partial charge in [0.05, 0.1) is 7.11 Å². The van der Waals surface area contributed by atoms with E-state index in [0.717, 1.165) is 11.3 Å². The Hall–Kier alpha value is -2.89. The summed E-state index contributed by atoms with van der Waals surface area (Å²) in [6.07, 6.45) is 1.27. The summed E-state index contributed by atoms with van der Waals surface area (Å²) in [6, 6.07) is 11.9. The lowest BCUT2D eigenvalue weighted by Gasteiger charge is -2.31. The third-order valence-electron chi connectivity index (χ3n) is 5.21. The number of likely N-dealkylation sites (tertiary alicyclic amines) is 1. The van der Waals surface area contributed by atoms with Gasteiger partial charge in [-0.15, -0.1) is 0 Å². The molecule has 3 rings (SSSR count). The summed E-state index contributed by atoms with van der Waals surface area (Å²) in [5.74, 6) is 0.475. The molecule has 148 valence electrons. The fourth-order valence-electron chi connectivity index (χ4n) is 3.37. The molecule has 2 amide bonds. The molecule has 6 heteroatoms. The van der Waals surface area contributed by atoms with Crippen LogP contribution in [0, 0.1) is 18.7 Å². The first kappa shape index (κ1) is 19.9. The number of piperidine rings is 1. The zero-order valence-electron chi connectivity index (χ0n) is 16.2. The van der Waals surface area contributed by atoms with Crippen molar-refractivity contribution in [2.75, 3.05) is 20.2 Å². The third kappa shape index (κ3) is 4.68. The van der Waals surface area contributed by atoms with Crippen LogP contribution in [0.3, 0.4) is 0 Å². The van der Waals surface area contributed by atoms with E-state index < -0.39 is 0 Å². The van der Waals surface area contributed by atoms with Gasteiger partial charge in [-0.05, 0) is 61.2 Å². The number of nitrogens with zero attached hydrogens (tertiary/aromatic N) is 1. The molecule has 5 nitrogen and oxygen atoms in total. The van der Waals surface area contributed by atoms with E-state index in [-0.39, 0.29) is 30.1 Å². The predicted octanol–water partition coefficient (Wildman–Crippen LogP) is 3.95. The molecule has 1 fully saturated rings. The maximum Gasteiger partial charge on any atom is 0.317 e. The van der Waals surface area contributed by atoms with Gasteiger partial charge in [0, 0.05) is 31.1 Å². The SMILES string of the molecule is COc1ccc(C(=O)C2CCN(C(=O)NCc3ccc(C)c(F)c3)CC2)cc1. The molecule has 0 bridgehead atoms. The quantitative estimate of drug-likeness (QED) is 0.794. The third-order valence-corrected chi connectivity index (χ3v) is 5.21. The highest BCUT2D eigenvalue weighted by atomic mass is 19.1. The van der Waals surface area contributed by atoms with Crippen LogP contribution in [0.1, 0.15) is 34.3 Å². The van der Waals surface area contributed by atoms with Crippen molar-refractivity contribution in [2.24, 2.45) is 5.92 Å². The van der Waals surface area contributed by atoms with E-state index in [2.05, 4.69) is 5.32 Å². The molecule has 0 unspecified atom stereocenters. The number of carbonyl (C=O) groups is 2. The number of aryl methyl sites for hydroxylation is 1. The summed E-state index contributed by atoms with van der Waals surface area (Å²) >= 11 is 0. The first-order valence-electron chi connectivity index (χ1n) is 9.44. The standard InChI is InChI=1S/C22H25FN2O3/c1-15-3-4-16(13-20(15)23)14-24-22(27)25-11-9-18(10-12-25)21(26)17-5-7-19(28-2)8-6-17/h3-8,13,18H,9-12,14H2,1-2H3,(H,24,27). The van der Waals surface area contributed by atoms with Crippen LogP contribution < -0.4 is 10.1 Å². The van der Waals surface area contributed by atoms with Crippen molar-refractivity contribution in [1.82, 2.24) is 10.2 Å². The second kappa shape index (κ2) is 8.87. The van der Waals surface area contributed by atoms with Crippen molar-refractivity contribution in [2.45, 2.75) is 26.3 Å². The first-order chi connectivity index (χ1) is 13.5. The Morgan fingerprint density at radius 3 is 2.43 bits per heavy atom. The summed E-state index contributed by atoms with van der Waals surface area (Å²) in [5, 5.41) is 2.83. The summed E-state index contributed by atoms with van der Waals surface area (Å²) in [4.78, 5) is 26.7. The number of benzene rings is 2. The Labute approximate surface area is 164 Å². The van der Waals surface area contributed by atoms with E-state index >= 15 is 0 Å². The topological polar surface area (TPSA) is 58.6 Å². The smallest absolute Gasteiger partial charge is 0.317 e. The van der Waals surface area contributed by atoms with Crippen LogP contribution in [0.25, 0.3) is 0 Å². The maximum atomic E-state index is 13.6. The molecule has 2 aromatic rings. The Balaban J connectivity index is 1.49. The van der Waals surface area contributed by atoms with Gasteiger partial charge >= 0.3 is 6.03 Å². The highest BCUT2D eigenvalue weighted by Crippen LogP contribution is 2.23. The van der Waals surface area contributed by atoms with Crippen LogP contribution in [-0.2, 0) is 6.54 Å². The minimum Gasteiger partial charge on any atom is -0.497 e. The van der Waals surface area contributed by atoms with Crippen LogP contribution in [0.15, 0.2) is 42.5 Å². The molecule has 0 aliphatic carbocycles. The molecule has 1 saturated heterocycles. The van der Waals surface area contributed by atoms with Crippen LogP contribution in [0.4, 0.5) is 9.18 Å². The van der Waals surface area contributed by atoms with Crippen LogP contribution in [0.5, 0.6) is 5.75 Å². The minimum absolute atomic E-state index is 0.0800. The van der Waals surface area contributed by atoms with Gasteiger partial charge in [-0.1, -0.05) is 12.1 Å². The molecule has 0 atom stereocenters. The first-order valence-corrected chi connectivity index (χ1v) is 9.44. The van der Waals surface area contributed by atoms with E-state index in [1.165, 1.54) is 6.07 Å². The van der Waals surface area contributed by atoms with Crippen molar-refractivity contribution in [3.8, 4) is 5.75 Å². The highest BCUT2D eigenvalue weighted by molar-refractivity contribution is 5.98. The van der Waals surface area contributed by atoms with Crippen LogP contribution in [0.2, 0.25) is 0 Å². The van der Waals surface area contributed by atoms with Gasteiger partial charge in [0.15, 0.2) is 5.78 Å². The largest absolute Gasteiger partial charge is 0.497 e. The molecule has 1 aliphatic heterocycles. The number of carbonyl (C=O) groups excluding carboxylic acids is 2. The summed E-state index contributed by atoms with van der Waals surface area (Å²) in [5.41, 5.74) is 1.98. The van der Waals surface area contributed by atoms with Crippen LogP contribution in [-0.4, -0.2) is 36.9 Å². The minimum atomic E-state index is -0.274. The number of Topliss-reactive ketones (excluding diaryl/α,β-unsaturated/α-hetero) is 1. The van der Waals surface area contributed by atoms with Gasteiger partial charge in [0.1, 0.15) is 11.6 Å². The molecule has 1 aliphatic rings. The number of ether oxygens (including phenoxy) is 1. The van der Waals surface area contributed by atoms with Gasteiger partial charge in [-0.2, -0.15) is 0 Å². The number of rotatable bonds is 5. The maximum absolute atomic E-state index is 13.6. The number of halogens is 1. The lowest BCUT2D eigenvalue weighted by molar-refractivity contribution is 0.0854. The Morgan fingerprint density at radius 2 is 1.82 bits per heavy atom. The van der Waals surface area contributed by atoms with E-state index in [0.29, 0.717) is 37.1 Å². The summed E-state index contributed by atoms with van der Waals surface area (Å²) < 4.78 is 18.7. The number of urea groups is 1. The average molecular weight is 384 g/mol. The second-order valence-electron chi connectivity index (χ2n) is 7.10. The second-order valence-corrected chi connectivity index (χ2v) is 7.10. The molecule has 28 heavy (non-hydrogen) atoms. The Morgan fingerprint density at radius 1 is 1.14 bits per heavy atom. The van der Waals surface area contributed by atoms with Crippen molar-refractivity contribution >= 4 is 11.8 Å². The summed E-state index contributed by atoms with van der Waals surface area (Å²) in [7, 11) is 1.59. The van der Waals surface area contributed by atoms with E-state index in [1.54, 1.807) is 55.3 Å². The zero-order valence-corrected chi connectivity index (χ0v) is 16.2. The van der Waals surface area contributed by atoms with Gasteiger partial charge in [0.2, 0.25) is 0 Å². The van der Waals surface area contributed by atoms with Crippen LogP contribution >= 0.6 is 0 Å². The molecule has 0 spiro atoms. The molecule has 0 saturated carbocycles. The van der Waals surface area contributed by atoms with Gasteiger partial charge in [-0.25, -0.2) is 9.18 Å². The summed E-state index contributed by atoms with van der Waals surface area (Å²) in [6.45, 7) is 3.04. The van der Waals surface area contributed by atoms with E-state index in [4.69, 9.17) is 4.74 Å². The molecule has 1 N–H and O–H groups in total. The number of nitrogens with one attached hydrogen (secondary N) is 1. The fraction of sp³-hybridized carbons (Fsp3) is 0.364. The van der Waals surface area contributed by atoms with Crippen molar-refractivity contribution in [3.05, 3.63) is 65.0 Å². The number of hydrogen-bond acceptors (Lipinski definition) is 3. The average Bonchev–Trinajstić information content (AvgIpc) is 2.74. The fourth-order valence-corrected chi connectivity index (χ4v) is 3.37. The van der Waals surface area contributed by atoms with Crippen molar-refractivity contribution in [3.63, 3.8) is 0 Å². The zero-order chi connectivity index (χ0) is 20.1. The molecule has 0 aromatic heterocycles. The monoisotopic (exact) mass is 384 g/mol. The number of ketones is 1. The van der Waals surface area contributed by atoms with E-state index in [1.807, 2.05) is 0 Å². The van der Waals surface area contributed by atoms with Crippen molar-refractivity contribution < 1.29 is 18.7 Å². The molecular formula is C22H25FN2O3. The van der Waals surface area contributed by atoms with Gasteiger partial charge in [0.25, 0.3) is 0 Å². The van der Waals surface area contributed by atoms with Gasteiger partial charge < -0.3 is 15.0 Å². The lowest BCUT2D eigenvalue weighted by Crippen LogP contribution is -2.45. The highest BCUT2D eigenvalue weighted by Gasteiger charge is 2.27. The van der Waals surface area contributed by atoms with Gasteiger partial charge in [-0.3, -0.25) is 4.79 Å². The lowest BCUT2D eigenvalue weighted by atomic mass is 9.89.